The largest absolute Gasteiger partial charge is 0.324 e. The summed E-state index contributed by atoms with van der Waals surface area (Å²) in [6, 6.07) is 18.0. The quantitative estimate of drug-likeness (QED) is 0.276. The van der Waals surface area contributed by atoms with Crippen LogP contribution >= 0.6 is 0 Å². The van der Waals surface area contributed by atoms with Crippen LogP contribution in [0.1, 0.15) is 15.9 Å². The number of anilines is 4. The number of carbonyl (C=O) groups is 2. The molecule has 0 radical (unpaired) electrons. The molecule has 2 heterocycles. The van der Waals surface area contributed by atoms with Crippen molar-refractivity contribution < 1.29 is 9.59 Å². The summed E-state index contributed by atoms with van der Waals surface area (Å²) < 4.78 is 0. The van der Waals surface area contributed by atoms with Crippen LogP contribution < -0.4 is 16.0 Å². The van der Waals surface area contributed by atoms with Crippen LogP contribution in [0.3, 0.4) is 0 Å². The molecule has 9 nitrogen and oxygen atoms in total. The first kappa shape index (κ1) is 26.2. The second kappa shape index (κ2) is 12.4. The number of rotatable bonds is 9. The Kier molecular flexibility index (Phi) is 8.53. The maximum atomic E-state index is 12.9. The minimum absolute atomic E-state index is 0.252. The minimum atomic E-state index is -0.277. The van der Waals surface area contributed by atoms with Crippen molar-refractivity contribution in [3.05, 3.63) is 103 Å². The highest BCUT2D eigenvalue weighted by Gasteiger charge is 2.10. The fourth-order valence-corrected chi connectivity index (χ4v) is 3.59. The minimum Gasteiger partial charge on any atom is -0.324 e. The molecule has 0 atom stereocenters. The van der Waals surface area contributed by atoms with Gasteiger partial charge in [-0.3, -0.25) is 14.6 Å². The average Bonchev–Trinajstić information content (AvgIpc) is 2.91. The Hall–Kier alpha value is -4.89. The molecule has 0 spiro atoms. The van der Waals surface area contributed by atoms with Crippen LogP contribution in [0.15, 0.2) is 91.4 Å². The number of hydrogen-bond donors (Lipinski definition) is 3. The van der Waals surface area contributed by atoms with Crippen molar-refractivity contribution in [1.82, 2.24) is 19.9 Å². The molecular weight excluding hydrogens is 478 g/mol. The van der Waals surface area contributed by atoms with Gasteiger partial charge < -0.3 is 20.9 Å². The van der Waals surface area contributed by atoms with Crippen molar-refractivity contribution in [2.45, 2.75) is 6.92 Å². The molecule has 4 rings (SSSR count). The van der Waals surface area contributed by atoms with E-state index in [1.807, 2.05) is 62.3 Å². The molecule has 0 aliphatic rings. The first-order chi connectivity index (χ1) is 18.4. The summed E-state index contributed by atoms with van der Waals surface area (Å²) in [5.41, 5.74) is 4.96. The van der Waals surface area contributed by atoms with Gasteiger partial charge in [0, 0.05) is 59.4 Å². The molecule has 3 N–H and O–H groups in total. The summed E-state index contributed by atoms with van der Waals surface area (Å²) in [6.07, 6.45) is 8.41. The van der Waals surface area contributed by atoms with Crippen molar-refractivity contribution >= 4 is 34.8 Å². The lowest BCUT2D eigenvalue weighted by Gasteiger charge is -2.12. The molecule has 2 aromatic carbocycles. The molecule has 0 saturated heterocycles. The van der Waals surface area contributed by atoms with E-state index in [0.717, 1.165) is 22.5 Å². The fraction of sp³-hybridized carbons (Fsp3) is 0.138. The van der Waals surface area contributed by atoms with E-state index in [4.69, 9.17) is 0 Å². The molecule has 0 saturated carbocycles. The van der Waals surface area contributed by atoms with E-state index in [0.29, 0.717) is 29.4 Å². The van der Waals surface area contributed by atoms with Crippen molar-refractivity contribution in [2.24, 2.45) is 0 Å². The zero-order valence-electron chi connectivity index (χ0n) is 21.5. The Bertz CT molecular complexity index is 1450. The van der Waals surface area contributed by atoms with Gasteiger partial charge in [0.05, 0.1) is 5.69 Å². The van der Waals surface area contributed by atoms with Gasteiger partial charge in [0.1, 0.15) is 0 Å². The summed E-state index contributed by atoms with van der Waals surface area (Å²) in [7, 11) is 3.85. The standard InChI is InChI=1S/C29H29N7O2/c1-20-17-24(33-29-31-15-13-26(35-29)22-8-5-14-30-19-22)11-12-25(20)34-28(38)21-7-4-9-23(18-21)32-27(37)10-6-16-36(2)3/h4-15,17-19H,16H2,1-3H3,(H,32,37)(H,34,38)(H,31,33,35)/b10-6+. The van der Waals surface area contributed by atoms with Gasteiger partial charge in [-0.25, -0.2) is 9.97 Å². The van der Waals surface area contributed by atoms with Gasteiger partial charge in [0.25, 0.3) is 5.91 Å². The third kappa shape index (κ3) is 7.31. The van der Waals surface area contributed by atoms with E-state index in [2.05, 4.69) is 30.9 Å². The number of pyridine rings is 1. The van der Waals surface area contributed by atoms with Crippen LogP contribution in [0.4, 0.5) is 23.0 Å². The normalized spacial score (nSPS) is 10.9. The van der Waals surface area contributed by atoms with Crippen molar-refractivity contribution in [2.75, 3.05) is 36.6 Å². The Labute approximate surface area is 221 Å². The monoisotopic (exact) mass is 507 g/mol. The SMILES string of the molecule is Cc1cc(Nc2nccc(-c3cccnc3)n2)ccc1NC(=O)c1cccc(NC(=O)/C=C/CN(C)C)c1. The number of carbonyl (C=O) groups excluding carboxylic acids is 2. The second-order valence-corrected chi connectivity index (χ2v) is 8.85. The van der Waals surface area contributed by atoms with E-state index in [1.54, 1.807) is 48.9 Å². The Morgan fingerprint density at radius 1 is 0.947 bits per heavy atom. The topological polar surface area (TPSA) is 112 Å². The highest BCUT2D eigenvalue weighted by molar-refractivity contribution is 6.06. The van der Waals surface area contributed by atoms with E-state index in [9.17, 15) is 9.59 Å². The van der Waals surface area contributed by atoms with Crippen LogP contribution in [-0.2, 0) is 4.79 Å². The number of aryl methyl sites for hydroxylation is 1. The van der Waals surface area contributed by atoms with Gasteiger partial charge >= 0.3 is 0 Å². The van der Waals surface area contributed by atoms with Crippen LogP contribution in [0.2, 0.25) is 0 Å². The van der Waals surface area contributed by atoms with Crippen LogP contribution in [0.5, 0.6) is 0 Å². The zero-order valence-corrected chi connectivity index (χ0v) is 21.5. The number of nitrogens with one attached hydrogen (secondary N) is 3. The zero-order chi connectivity index (χ0) is 26.9. The summed E-state index contributed by atoms with van der Waals surface area (Å²) >= 11 is 0. The van der Waals surface area contributed by atoms with Crippen LogP contribution in [0, 0.1) is 6.92 Å². The first-order valence-corrected chi connectivity index (χ1v) is 12.0. The molecule has 0 aliphatic heterocycles. The number of amides is 2. The van der Waals surface area contributed by atoms with Crippen LogP contribution in [0.25, 0.3) is 11.3 Å². The van der Waals surface area contributed by atoms with Gasteiger partial charge in [-0.05, 0) is 81.2 Å². The average molecular weight is 508 g/mol. The van der Waals surface area contributed by atoms with Crippen molar-refractivity contribution in [3.8, 4) is 11.3 Å². The molecule has 4 aromatic rings. The van der Waals surface area contributed by atoms with E-state index in [-0.39, 0.29) is 11.8 Å². The van der Waals surface area contributed by atoms with Gasteiger partial charge in [0.15, 0.2) is 0 Å². The molecule has 9 heteroatoms. The van der Waals surface area contributed by atoms with E-state index >= 15 is 0 Å². The molecule has 192 valence electrons. The molecule has 0 fully saturated rings. The van der Waals surface area contributed by atoms with E-state index in [1.165, 1.54) is 6.08 Å². The van der Waals surface area contributed by atoms with Gasteiger partial charge in [-0.1, -0.05) is 12.1 Å². The number of aromatic nitrogens is 3. The van der Waals surface area contributed by atoms with Gasteiger partial charge in [-0.15, -0.1) is 0 Å². The highest BCUT2D eigenvalue weighted by atomic mass is 16.2. The molecule has 0 bridgehead atoms. The number of likely N-dealkylation sites (N-methyl/N-ethyl adjacent to an activating group) is 1. The predicted molar refractivity (Wildman–Crippen MR) is 150 cm³/mol. The lowest BCUT2D eigenvalue weighted by molar-refractivity contribution is -0.111. The van der Waals surface area contributed by atoms with E-state index < -0.39 is 0 Å². The maximum absolute atomic E-state index is 12.9. The summed E-state index contributed by atoms with van der Waals surface area (Å²) in [5.74, 6) is -0.0724. The molecule has 2 amide bonds. The summed E-state index contributed by atoms with van der Waals surface area (Å²) in [5, 5.41) is 8.93. The Morgan fingerprint density at radius 3 is 2.58 bits per heavy atom. The van der Waals surface area contributed by atoms with Crippen LogP contribution in [-0.4, -0.2) is 52.3 Å². The second-order valence-electron chi connectivity index (χ2n) is 8.85. The third-order valence-corrected chi connectivity index (χ3v) is 5.48. The van der Waals surface area contributed by atoms with Gasteiger partial charge in [0.2, 0.25) is 11.9 Å². The Balaban J connectivity index is 1.40. The highest BCUT2D eigenvalue weighted by Crippen LogP contribution is 2.24. The predicted octanol–water partition coefficient (Wildman–Crippen LogP) is 4.90. The number of benzene rings is 2. The third-order valence-electron chi connectivity index (χ3n) is 5.48. The van der Waals surface area contributed by atoms with Gasteiger partial charge in [-0.2, -0.15) is 0 Å². The summed E-state index contributed by atoms with van der Waals surface area (Å²) in [4.78, 5) is 40.0. The molecule has 0 aliphatic carbocycles. The first-order valence-electron chi connectivity index (χ1n) is 12.0. The number of hydrogen-bond acceptors (Lipinski definition) is 7. The van der Waals surface area contributed by atoms with Crippen molar-refractivity contribution in [1.29, 1.82) is 0 Å². The smallest absolute Gasteiger partial charge is 0.255 e. The molecule has 38 heavy (non-hydrogen) atoms. The lowest BCUT2D eigenvalue weighted by Crippen LogP contribution is -2.15. The molecule has 2 aromatic heterocycles. The van der Waals surface area contributed by atoms with Crippen molar-refractivity contribution in [3.63, 3.8) is 0 Å². The Morgan fingerprint density at radius 2 is 1.82 bits per heavy atom. The fourth-order valence-electron chi connectivity index (χ4n) is 3.59. The summed E-state index contributed by atoms with van der Waals surface area (Å²) in [6.45, 7) is 2.57. The number of nitrogens with zero attached hydrogens (tertiary/aromatic N) is 4. The molecule has 0 unspecified atom stereocenters. The lowest BCUT2D eigenvalue weighted by atomic mass is 10.1. The molecular formula is C29H29N7O2. The maximum Gasteiger partial charge on any atom is 0.255 e.